The summed E-state index contributed by atoms with van der Waals surface area (Å²) in [6, 6.07) is 12.9. The highest BCUT2D eigenvalue weighted by molar-refractivity contribution is 9.10. The quantitative estimate of drug-likeness (QED) is 0.862. The molecule has 110 valence electrons. The van der Waals surface area contributed by atoms with E-state index < -0.39 is 0 Å². The number of ether oxygens (including phenoxy) is 1. The number of benzene rings is 2. The summed E-state index contributed by atoms with van der Waals surface area (Å²) in [4.78, 5) is 14.2. The molecule has 4 nitrogen and oxygen atoms in total. The van der Waals surface area contributed by atoms with Gasteiger partial charge in [0.2, 0.25) is 0 Å². The van der Waals surface area contributed by atoms with E-state index in [1.54, 1.807) is 37.3 Å². The van der Waals surface area contributed by atoms with Crippen LogP contribution in [0.3, 0.4) is 0 Å². The van der Waals surface area contributed by atoms with Gasteiger partial charge in [0.25, 0.3) is 5.91 Å². The molecule has 1 amide bonds. The summed E-state index contributed by atoms with van der Waals surface area (Å²) in [6.45, 7) is 0.454. The van der Waals surface area contributed by atoms with Crippen LogP contribution in [-0.4, -0.2) is 25.0 Å². The summed E-state index contributed by atoms with van der Waals surface area (Å²) in [5, 5.41) is 0. The molecule has 0 spiro atoms. The zero-order valence-electron chi connectivity index (χ0n) is 12.0. The number of rotatable bonds is 4. The van der Waals surface area contributed by atoms with Gasteiger partial charge >= 0.3 is 0 Å². The Hall–Kier alpha value is -2.01. The van der Waals surface area contributed by atoms with Crippen molar-refractivity contribution in [2.45, 2.75) is 6.54 Å². The number of nitrogens with two attached hydrogens (primary N) is 1. The number of carbonyl (C=O) groups is 1. The Labute approximate surface area is 132 Å². The fourth-order valence-corrected chi connectivity index (χ4v) is 2.42. The Bertz CT molecular complexity index is 658. The van der Waals surface area contributed by atoms with Crippen LogP contribution >= 0.6 is 15.9 Å². The third-order valence-electron chi connectivity index (χ3n) is 3.21. The number of hydrogen-bond donors (Lipinski definition) is 1. The van der Waals surface area contributed by atoms with Crippen molar-refractivity contribution in [3.63, 3.8) is 0 Å². The fraction of sp³-hybridized carbons (Fsp3) is 0.188. The van der Waals surface area contributed by atoms with Gasteiger partial charge in [-0.2, -0.15) is 0 Å². The number of nitrogens with zero attached hydrogens (tertiary/aromatic N) is 1. The van der Waals surface area contributed by atoms with E-state index in [1.807, 2.05) is 24.3 Å². The summed E-state index contributed by atoms with van der Waals surface area (Å²) in [6.07, 6.45) is 0. The highest BCUT2D eigenvalue weighted by Crippen LogP contribution is 2.24. The van der Waals surface area contributed by atoms with Crippen LogP contribution in [0, 0.1) is 0 Å². The number of nitrogen functional groups attached to an aromatic ring is 1. The number of amides is 1. The standard InChI is InChI=1S/C16H17BrN2O2/c1-19(10-11-5-3-4-6-15(11)18)16(20)13-9-12(21-2)7-8-14(13)17/h3-9H,10,18H2,1-2H3. The molecule has 0 unspecified atom stereocenters. The van der Waals surface area contributed by atoms with Crippen molar-refractivity contribution in [3.8, 4) is 5.75 Å². The van der Waals surface area contributed by atoms with Crippen LogP contribution < -0.4 is 10.5 Å². The highest BCUT2D eigenvalue weighted by Gasteiger charge is 2.16. The molecular formula is C16H17BrN2O2. The topological polar surface area (TPSA) is 55.6 Å². The summed E-state index contributed by atoms with van der Waals surface area (Å²) in [5.41, 5.74) is 8.08. The molecule has 0 aliphatic heterocycles. The largest absolute Gasteiger partial charge is 0.497 e. The van der Waals surface area contributed by atoms with E-state index in [1.165, 1.54) is 0 Å². The third-order valence-corrected chi connectivity index (χ3v) is 3.90. The maximum Gasteiger partial charge on any atom is 0.255 e. The summed E-state index contributed by atoms with van der Waals surface area (Å²) >= 11 is 3.40. The lowest BCUT2D eigenvalue weighted by Crippen LogP contribution is -2.27. The monoisotopic (exact) mass is 348 g/mol. The van der Waals surface area contributed by atoms with Gasteiger partial charge < -0.3 is 15.4 Å². The van der Waals surface area contributed by atoms with Gasteiger partial charge in [-0.05, 0) is 45.8 Å². The number of halogens is 1. The molecule has 21 heavy (non-hydrogen) atoms. The van der Waals surface area contributed by atoms with Gasteiger partial charge in [0.05, 0.1) is 12.7 Å². The van der Waals surface area contributed by atoms with Crippen LogP contribution in [0.1, 0.15) is 15.9 Å². The lowest BCUT2D eigenvalue weighted by atomic mass is 10.1. The first-order valence-corrected chi connectivity index (χ1v) is 7.24. The van der Waals surface area contributed by atoms with E-state index in [9.17, 15) is 4.79 Å². The summed E-state index contributed by atoms with van der Waals surface area (Å²) in [7, 11) is 3.33. The molecule has 0 radical (unpaired) electrons. The second-order valence-electron chi connectivity index (χ2n) is 4.71. The Balaban J connectivity index is 2.22. The van der Waals surface area contributed by atoms with E-state index >= 15 is 0 Å². The van der Waals surface area contributed by atoms with Crippen molar-refractivity contribution in [1.82, 2.24) is 4.90 Å². The molecule has 2 aromatic rings. The smallest absolute Gasteiger partial charge is 0.255 e. The summed E-state index contributed by atoms with van der Waals surface area (Å²) < 4.78 is 5.90. The Morgan fingerprint density at radius 3 is 2.67 bits per heavy atom. The molecular weight excluding hydrogens is 332 g/mol. The average Bonchev–Trinajstić information content (AvgIpc) is 2.49. The maximum atomic E-state index is 12.5. The Morgan fingerprint density at radius 2 is 2.00 bits per heavy atom. The Kier molecular flexibility index (Phi) is 4.85. The molecule has 0 atom stereocenters. The van der Waals surface area contributed by atoms with Crippen molar-refractivity contribution in [1.29, 1.82) is 0 Å². The lowest BCUT2D eigenvalue weighted by Gasteiger charge is -2.19. The SMILES string of the molecule is COc1ccc(Br)c(C(=O)N(C)Cc2ccccc2N)c1. The van der Waals surface area contributed by atoms with Crippen LogP contribution in [0.2, 0.25) is 0 Å². The van der Waals surface area contributed by atoms with Crippen molar-refractivity contribution < 1.29 is 9.53 Å². The molecule has 5 heteroatoms. The molecule has 2 rings (SSSR count). The molecule has 0 aromatic heterocycles. The van der Waals surface area contributed by atoms with E-state index in [4.69, 9.17) is 10.5 Å². The number of hydrogen-bond acceptors (Lipinski definition) is 3. The zero-order valence-corrected chi connectivity index (χ0v) is 13.6. The van der Waals surface area contributed by atoms with Crippen LogP contribution in [-0.2, 0) is 6.54 Å². The van der Waals surface area contributed by atoms with E-state index in [0.717, 1.165) is 10.0 Å². The fourth-order valence-electron chi connectivity index (χ4n) is 2.01. The third kappa shape index (κ3) is 3.55. The molecule has 0 saturated carbocycles. The van der Waals surface area contributed by atoms with Crippen LogP contribution in [0.15, 0.2) is 46.9 Å². The van der Waals surface area contributed by atoms with Crippen molar-refractivity contribution in [2.75, 3.05) is 19.9 Å². The van der Waals surface area contributed by atoms with Crippen LogP contribution in [0.4, 0.5) is 5.69 Å². The number of para-hydroxylation sites is 1. The molecule has 0 aliphatic carbocycles. The van der Waals surface area contributed by atoms with Gasteiger partial charge in [0.15, 0.2) is 0 Å². The van der Waals surface area contributed by atoms with Crippen molar-refractivity contribution >= 4 is 27.5 Å². The van der Waals surface area contributed by atoms with Gasteiger partial charge in [-0.15, -0.1) is 0 Å². The van der Waals surface area contributed by atoms with E-state index in [0.29, 0.717) is 23.5 Å². The van der Waals surface area contributed by atoms with Gasteiger partial charge in [0, 0.05) is 23.8 Å². The molecule has 0 saturated heterocycles. The number of methoxy groups -OCH3 is 1. The van der Waals surface area contributed by atoms with Crippen molar-refractivity contribution in [3.05, 3.63) is 58.1 Å². The second-order valence-corrected chi connectivity index (χ2v) is 5.56. The maximum absolute atomic E-state index is 12.5. The first-order valence-electron chi connectivity index (χ1n) is 6.45. The lowest BCUT2D eigenvalue weighted by molar-refractivity contribution is 0.0784. The molecule has 2 aromatic carbocycles. The van der Waals surface area contributed by atoms with Crippen LogP contribution in [0.5, 0.6) is 5.75 Å². The van der Waals surface area contributed by atoms with E-state index in [-0.39, 0.29) is 5.91 Å². The molecule has 0 bridgehead atoms. The molecule has 0 aliphatic rings. The first-order chi connectivity index (χ1) is 10.0. The zero-order chi connectivity index (χ0) is 15.4. The molecule has 0 fully saturated rings. The minimum absolute atomic E-state index is 0.0935. The summed E-state index contributed by atoms with van der Waals surface area (Å²) in [5.74, 6) is 0.554. The van der Waals surface area contributed by atoms with E-state index in [2.05, 4.69) is 15.9 Å². The molecule has 0 heterocycles. The van der Waals surface area contributed by atoms with Gasteiger partial charge in [0.1, 0.15) is 5.75 Å². The molecule has 2 N–H and O–H groups in total. The predicted octanol–water partition coefficient (Wildman–Crippen LogP) is 3.31. The number of anilines is 1. The average molecular weight is 349 g/mol. The Morgan fingerprint density at radius 1 is 1.29 bits per heavy atom. The second kappa shape index (κ2) is 6.63. The van der Waals surface area contributed by atoms with Gasteiger partial charge in [-0.1, -0.05) is 18.2 Å². The highest BCUT2D eigenvalue weighted by atomic mass is 79.9. The minimum Gasteiger partial charge on any atom is -0.497 e. The van der Waals surface area contributed by atoms with Crippen molar-refractivity contribution in [2.24, 2.45) is 0 Å². The first kappa shape index (κ1) is 15.4. The minimum atomic E-state index is -0.0935. The predicted molar refractivity (Wildman–Crippen MR) is 87.3 cm³/mol. The van der Waals surface area contributed by atoms with Gasteiger partial charge in [-0.25, -0.2) is 0 Å². The number of carbonyl (C=O) groups excluding carboxylic acids is 1. The van der Waals surface area contributed by atoms with Crippen LogP contribution in [0.25, 0.3) is 0 Å². The normalized spacial score (nSPS) is 10.2. The van der Waals surface area contributed by atoms with Gasteiger partial charge in [-0.3, -0.25) is 4.79 Å².